The van der Waals surface area contributed by atoms with E-state index in [2.05, 4.69) is 27.7 Å². The van der Waals surface area contributed by atoms with E-state index in [1.165, 1.54) is 0 Å². The van der Waals surface area contributed by atoms with Crippen LogP contribution in [-0.4, -0.2) is 77.0 Å². The number of ether oxygens (including phenoxy) is 6. The molecule has 0 aliphatic carbocycles. The van der Waals surface area contributed by atoms with Gasteiger partial charge in [0.15, 0.2) is 18.1 Å². The van der Waals surface area contributed by atoms with E-state index in [1.807, 2.05) is 36.4 Å². The minimum atomic E-state index is -0.318. The van der Waals surface area contributed by atoms with Gasteiger partial charge in [-0.2, -0.15) is 0 Å². The molecule has 0 aromatic heterocycles. The molecule has 2 amide bonds. The molecule has 46 heavy (non-hydrogen) atoms. The van der Waals surface area contributed by atoms with Gasteiger partial charge in [-0.05, 0) is 60.4 Å². The predicted octanol–water partition coefficient (Wildman–Crippen LogP) is 3.64. The Kier molecular flexibility index (Phi) is 11.2. The topological polar surface area (TPSA) is 117 Å². The quantitative estimate of drug-likeness (QED) is 0.402. The second-order valence-corrected chi connectivity index (χ2v) is 11.5. The largest absolute Gasteiger partial charge is 0.496 e. The fraction of sp³-hybridized carbons (Fsp3) is 0.429. The van der Waals surface area contributed by atoms with Gasteiger partial charge in [-0.25, -0.2) is 0 Å². The molecule has 4 bridgehead atoms. The Bertz CT molecular complexity index is 1510. The van der Waals surface area contributed by atoms with E-state index in [0.29, 0.717) is 68.5 Å². The van der Waals surface area contributed by atoms with Crippen LogP contribution < -0.4 is 34.3 Å². The average Bonchev–Trinajstić information content (AvgIpc) is 3.06. The molecule has 2 atom stereocenters. The van der Waals surface area contributed by atoms with Gasteiger partial charge >= 0.3 is 0 Å². The lowest BCUT2D eigenvalue weighted by atomic mass is 10.00. The molecule has 0 unspecified atom stereocenters. The van der Waals surface area contributed by atoms with Crippen LogP contribution in [0.2, 0.25) is 0 Å². The summed E-state index contributed by atoms with van der Waals surface area (Å²) in [6.07, 6.45) is 1.18. The molecule has 0 radical (unpaired) electrons. The molecule has 1 fully saturated rings. The van der Waals surface area contributed by atoms with E-state index in [9.17, 15) is 9.59 Å². The number of amides is 2. The monoisotopic (exact) mass is 633 g/mol. The third-order valence-electron chi connectivity index (χ3n) is 8.28. The Morgan fingerprint density at radius 2 is 1.67 bits per heavy atom. The average molecular weight is 634 g/mol. The van der Waals surface area contributed by atoms with Crippen LogP contribution in [0.25, 0.3) is 0 Å². The molecular formula is C35H43N3O8. The number of nitrogens with one attached hydrogen (secondary N) is 2. The first kappa shape index (κ1) is 32.9. The lowest BCUT2D eigenvalue weighted by Gasteiger charge is -2.39. The van der Waals surface area contributed by atoms with Crippen molar-refractivity contribution in [2.75, 3.05) is 48.1 Å². The van der Waals surface area contributed by atoms with Crippen LogP contribution in [0.15, 0.2) is 54.6 Å². The molecule has 246 valence electrons. The van der Waals surface area contributed by atoms with Gasteiger partial charge in [-0.15, -0.1) is 0 Å². The number of piperidine rings is 1. The van der Waals surface area contributed by atoms with Gasteiger partial charge in [0, 0.05) is 56.9 Å². The first-order chi connectivity index (χ1) is 22.4. The van der Waals surface area contributed by atoms with Gasteiger partial charge < -0.3 is 39.1 Å². The summed E-state index contributed by atoms with van der Waals surface area (Å²) < 4.78 is 34.4. The minimum Gasteiger partial charge on any atom is -0.496 e. The molecule has 3 aliphatic rings. The molecule has 11 nitrogen and oxygen atoms in total. The summed E-state index contributed by atoms with van der Waals surface area (Å²) in [6, 6.07) is 16.9. The Morgan fingerprint density at radius 3 is 2.46 bits per heavy atom. The molecule has 0 saturated carbocycles. The standard InChI is InChI=1S/C35H43N3O8/c1-41-21-26-15-24(6-10-29(26)42-2)19-38-14-13-30-28(20-38)37-35(40)22-45-33-16-23(5-11-31(33)43-3)7-12-34(39)36-18-25-8-9-27(46-30)17-32(25)44-4/h5-6,8-11,15-17,28,30H,7,12-14,18-22H2,1-4H3,(H,36,39)(H,37,40)/t28-,30+/m1/s1. The van der Waals surface area contributed by atoms with Crippen LogP contribution in [0, 0.1) is 0 Å². The highest BCUT2D eigenvalue weighted by Gasteiger charge is 2.32. The molecule has 3 aromatic rings. The number of benzene rings is 3. The second kappa shape index (κ2) is 15.7. The van der Waals surface area contributed by atoms with Crippen LogP contribution in [-0.2, 0) is 40.4 Å². The van der Waals surface area contributed by atoms with Crippen molar-refractivity contribution in [3.8, 4) is 28.7 Å². The molecule has 3 heterocycles. The second-order valence-electron chi connectivity index (χ2n) is 11.5. The Balaban J connectivity index is 1.39. The van der Waals surface area contributed by atoms with Crippen molar-refractivity contribution in [2.24, 2.45) is 0 Å². The summed E-state index contributed by atoms with van der Waals surface area (Å²) in [5.41, 5.74) is 3.84. The van der Waals surface area contributed by atoms with Crippen molar-refractivity contribution < 1.29 is 38.0 Å². The first-order valence-electron chi connectivity index (χ1n) is 15.5. The highest BCUT2D eigenvalue weighted by molar-refractivity contribution is 5.78. The Morgan fingerprint density at radius 1 is 0.870 bits per heavy atom. The Hall–Kier alpha value is -4.48. The fourth-order valence-electron chi connectivity index (χ4n) is 5.92. The van der Waals surface area contributed by atoms with Gasteiger partial charge in [-0.3, -0.25) is 14.5 Å². The molecule has 1 saturated heterocycles. The third-order valence-corrected chi connectivity index (χ3v) is 8.28. The van der Waals surface area contributed by atoms with Crippen LogP contribution in [0.4, 0.5) is 0 Å². The van der Waals surface area contributed by atoms with E-state index in [4.69, 9.17) is 28.4 Å². The van der Waals surface area contributed by atoms with Crippen LogP contribution in [0.5, 0.6) is 28.7 Å². The number of hydrogen-bond donors (Lipinski definition) is 2. The van der Waals surface area contributed by atoms with E-state index >= 15 is 0 Å². The number of methoxy groups -OCH3 is 4. The maximum atomic E-state index is 13.3. The summed E-state index contributed by atoms with van der Waals surface area (Å²) in [6.45, 7) is 2.60. The molecule has 6 rings (SSSR count). The van der Waals surface area contributed by atoms with Crippen molar-refractivity contribution in [1.29, 1.82) is 0 Å². The van der Waals surface area contributed by atoms with Crippen molar-refractivity contribution in [3.05, 3.63) is 76.9 Å². The number of aryl methyl sites for hydroxylation is 1. The van der Waals surface area contributed by atoms with Crippen LogP contribution in [0.1, 0.15) is 35.1 Å². The lowest BCUT2D eigenvalue weighted by Crippen LogP contribution is -2.57. The smallest absolute Gasteiger partial charge is 0.258 e. The lowest BCUT2D eigenvalue weighted by molar-refractivity contribution is -0.125. The number of hydrogen-bond acceptors (Lipinski definition) is 9. The SMILES string of the molecule is COCc1cc(CN2CC[C@@H]3Oc4ccc(c(OC)c4)CNC(=O)CCc4ccc(OC)c(c4)OCC(=O)N[C@@H]3C2)ccc1OC. The molecule has 2 N–H and O–H groups in total. The molecule has 3 aliphatic heterocycles. The number of carbonyl (C=O) groups excluding carboxylic acids is 2. The maximum absolute atomic E-state index is 13.3. The number of carbonyl (C=O) groups is 2. The van der Waals surface area contributed by atoms with Gasteiger partial charge in [0.05, 0.1) is 34.0 Å². The van der Waals surface area contributed by atoms with Gasteiger partial charge in [0.2, 0.25) is 5.91 Å². The minimum absolute atomic E-state index is 0.0860. The van der Waals surface area contributed by atoms with Crippen LogP contribution >= 0.6 is 0 Å². The Labute approximate surface area is 270 Å². The fourth-order valence-corrected chi connectivity index (χ4v) is 5.92. The normalized spacial score (nSPS) is 19.2. The highest BCUT2D eigenvalue weighted by Crippen LogP contribution is 2.30. The summed E-state index contributed by atoms with van der Waals surface area (Å²) >= 11 is 0. The summed E-state index contributed by atoms with van der Waals surface area (Å²) in [7, 11) is 6.47. The predicted molar refractivity (Wildman–Crippen MR) is 172 cm³/mol. The van der Waals surface area contributed by atoms with Crippen molar-refractivity contribution in [2.45, 2.75) is 51.1 Å². The number of nitrogens with zero attached hydrogens (tertiary/aromatic N) is 1. The van der Waals surface area contributed by atoms with Gasteiger partial charge in [0.25, 0.3) is 5.91 Å². The first-order valence-corrected chi connectivity index (χ1v) is 15.5. The zero-order valence-electron chi connectivity index (χ0n) is 26.9. The van der Waals surface area contributed by atoms with Crippen LogP contribution in [0.3, 0.4) is 0 Å². The highest BCUT2D eigenvalue weighted by atomic mass is 16.5. The van der Waals surface area contributed by atoms with Crippen molar-refractivity contribution in [3.63, 3.8) is 0 Å². The summed E-state index contributed by atoms with van der Waals surface area (Å²) in [5.74, 6) is 2.63. The summed E-state index contributed by atoms with van der Waals surface area (Å²) in [4.78, 5) is 28.3. The molecule has 11 heteroatoms. The van der Waals surface area contributed by atoms with Gasteiger partial charge in [0.1, 0.15) is 23.4 Å². The number of rotatable bonds is 7. The van der Waals surface area contributed by atoms with E-state index in [-0.39, 0.29) is 30.6 Å². The molecule has 3 aromatic carbocycles. The van der Waals surface area contributed by atoms with Crippen molar-refractivity contribution in [1.82, 2.24) is 15.5 Å². The molecule has 0 spiro atoms. The van der Waals surface area contributed by atoms with Gasteiger partial charge in [-0.1, -0.05) is 12.1 Å². The molecular weight excluding hydrogens is 590 g/mol. The van der Waals surface area contributed by atoms with E-state index in [0.717, 1.165) is 34.5 Å². The van der Waals surface area contributed by atoms with Crippen molar-refractivity contribution >= 4 is 11.8 Å². The number of likely N-dealkylation sites (tertiary alicyclic amines) is 1. The summed E-state index contributed by atoms with van der Waals surface area (Å²) in [5, 5.41) is 6.15. The number of fused-ring (bicyclic) bond motifs is 9. The zero-order valence-corrected chi connectivity index (χ0v) is 26.9. The zero-order chi connectivity index (χ0) is 32.5. The van der Waals surface area contributed by atoms with E-state index < -0.39 is 0 Å². The maximum Gasteiger partial charge on any atom is 0.258 e. The van der Waals surface area contributed by atoms with E-state index in [1.54, 1.807) is 34.5 Å². The third kappa shape index (κ3) is 8.41.